The van der Waals surface area contributed by atoms with E-state index in [4.69, 9.17) is 4.74 Å². The number of quaternary nitrogens is 1. The van der Waals surface area contributed by atoms with E-state index in [0.717, 1.165) is 0 Å². The number of aliphatic carboxylic acids is 1. The molecule has 4 N–H and O–H groups in total. The zero-order valence-electron chi connectivity index (χ0n) is 10.5. The van der Waals surface area contributed by atoms with E-state index in [0.29, 0.717) is 11.4 Å². The van der Waals surface area contributed by atoms with Crippen LogP contribution in [0, 0.1) is 0 Å². The normalized spacial score (nSPS) is 11.7. The number of rotatable bonds is 7. The molecule has 0 aliphatic carbocycles. The molecule has 0 aliphatic heterocycles. The number of ether oxygens (including phenoxy) is 1. The molecule has 0 heterocycles. The molecule has 0 radical (unpaired) electrons. The van der Waals surface area contributed by atoms with Gasteiger partial charge in [-0.1, -0.05) is 12.1 Å². The Kier molecular flexibility index (Phi) is 6.17. The van der Waals surface area contributed by atoms with Crippen molar-refractivity contribution in [2.24, 2.45) is 0 Å². The van der Waals surface area contributed by atoms with Gasteiger partial charge in [-0.3, -0.25) is 4.79 Å². The molecule has 1 atom stereocenters. The standard InChI is InChI=1S/C12H16N2O4S/c1-18-10-5-3-2-4-9(10)14-11(15)7-19-6-8(13)12(16)17/h2-5,8H,6-7,13H2,1H3,(H,14,15)(H,16,17)/t8-/m0/s1. The zero-order valence-corrected chi connectivity index (χ0v) is 11.4. The summed E-state index contributed by atoms with van der Waals surface area (Å²) >= 11 is 1.19. The fraction of sp³-hybridized carbons (Fsp3) is 0.333. The van der Waals surface area contributed by atoms with Crippen LogP contribution < -0.4 is 20.9 Å². The van der Waals surface area contributed by atoms with Crippen LogP contribution in [-0.2, 0) is 9.59 Å². The number of benzene rings is 1. The van der Waals surface area contributed by atoms with Crippen molar-refractivity contribution in [1.29, 1.82) is 0 Å². The number of hydrogen-bond donors (Lipinski definition) is 2. The number of carboxylic acid groups (broad SMARTS) is 1. The first kappa shape index (κ1) is 15.3. The van der Waals surface area contributed by atoms with Crippen LogP contribution in [0.1, 0.15) is 0 Å². The number of carbonyl (C=O) groups is 2. The second-order valence-corrected chi connectivity index (χ2v) is 4.81. The summed E-state index contributed by atoms with van der Waals surface area (Å²) in [5, 5.41) is 13.1. The smallest absolute Gasteiger partial charge is 0.234 e. The van der Waals surface area contributed by atoms with Crippen LogP contribution >= 0.6 is 11.8 Å². The Hall–Kier alpha value is -1.73. The summed E-state index contributed by atoms with van der Waals surface area (Å²) in [6.45, 7) is 0. The lowest BCUT2D eigenvalue weighted by Crippen LogP contribution is -2.69. The molecule has 0 aliphatic rings. The minimum absolute atomic E-state index is 0.150. The molecule has 0 aromatic heterocycles. The van der Waals surface area contributed by atoms with Gasteiger partial charge in [0.1, 0.15) is 11.8 Å². The SMILES string of the molecule is COc1ccccc1NC(=O)CSC[C@H]([NH3+])C(=O)[O-]. The fourth-order valence-electron chi connectivity index (χ4n) is 1.30. The summed E-state index contributed by atoms with van der Waals surface area (Å²) in [5.74, 6) is -0.470. The molecule has 6 nitrogen and oxygen atoms in total. The van der Waals surface area contributed by atoms with Crippen LogP contribution in [0.25, 0.3) is 0 Å². The lowest BCUT2D eigenvalue weighted by atomic mass is 10.3. The van der Waals surface area contributed by atoms with Crippen LogP contribution in [0.2, 0.25) is 0 Å². The number of carbonyl (C=O) groups excluding carboxylic acids is 2. The summed E-state index contributed by atoms with van der Waals surface area (Å²) in [6, 6.07) is 6.24. The van der Waals surface area contributed by atoms with E-state index in [1.54, 1.807) is 24.3 Å². The summed E-state index contributed by atoms with van der Waals surface area (Å²) in [4.78, 5) is 22.1. The summed E-state index contributed by atoms with van der Waals surface area (Å²) < 4.78 is 5.10. The lowest BCUT2D eigenvalue weighted by Gasteiger charge is -2.11. The number of anilines is 1. The van der Waals surface area contributed by atoms with Crippen molar-refractivity contribution in [2.75, 3.05) is 23.9 Å². The number of thioether (sulfide) groups is 1. The molecule has 1 aromatic carbocycles. The topological polar surface area (TPSA) is 106 Å². The Morgan fingerprint density at radius 1 is 1.47 bits per heavy atom. The first-order valence-corrected chi connectivity index (χ1v) is 6.74. The summed E-state index contributed by atoms with van der Waals surface area (Å²) in [7, 11) is 1.52. The molecule has 0 fully saturated rings. The highest BCUT2D eigenvalue weighted by Gasteiger charge is 2.10. The van der Waals surface area contributed by atoms with Gasteiger partial charge in [0.2, 0.25) is 5.91 Å². The van der Waals surface area contributed by atoms with E-state index >= 15 is 0 Å². The van der Waals surface area contributed by atoms with Crippen LogP contribution in [0.3, 0.4) is 0 Å². The molecule has 0 spiro atoms. The first-order valence-electron chi connectivity index (χ1n) is 5.59. The van der Waals surface area contributed by atoms with Gasteiger partial charge in [-0.25, -0.2) is 0 Å². The van der Waals surface area contributed by atoms with E-state index in [1.807, 2.05) is 0 Å². The number of amides is 1. The van der Waals surface area contributed by atoms with Crippen molar-refractivity contribution in [3.8, 4) is 5.75 Å². The monoisotopic (exact) mass is 284 g/mol. The third-order valence-electron chi connectivity index (χ3n) is 2.27. The molecule has 104 valence electrons. The van der Waals surface area contributed by atoms with Crippen molar-refractivity contribution < 1.29 is 25.2 Å². The molecule has 1 aromatic rings. The minimum atomic E-state index is -1.21. The third-order valence-corrected chi connectivity index (χ3v) is 3.37. The van der Waals surface area contributed by atoms with Gasteiger partial charge < -0.3 is 25.7 Å². The van der Waals surface area contributed by atoms with Gasteiger partial charge in [-0.05, 0) is 12.1 Å². The maximum atomic E-state index is 11.7. The quantitative estimate of drug-likeness (QED) is 0.649. The van der Waals surface area contributed by atoms with E-state index in [2.05, 4.69) is 11.1 Å². The predicted octanol–water partition coefficient (Wildman–Crippen LogP) is -1.27. The second-order valence-electron chi connectivity index (χ2n) is 3.78. The largest absolute Gasteiger partial charge is 0.544 e. The van der Waals surface area contributed by atoms with E-state index < -0.39 is 12.0 Å². The highest BCUT2D eigenvalue weighted by atomic mass is 32.2. The molecule has 0 unspecified atom stereocenters. The number of methoxy groups -OCH3 is 1. The molecule has 19 heavy (non-hydrogen) atoms. The number of para-hydroxylation sites is 2. The molecule has 1 amide bonds. The average molecular weight is 284 g/mol. The lowest BCUT2D eigenvalue weighted by molar-refractivity contribution is -0.431. The van der Waals surface area contributed by atoms with Crippen molar-refractivity contribution in [3.05, 3.63) is 24.3 Å². The van der Waals surface area contributed by atoms with Gasteiger partial charge in [0.05, 0.1) is 30.3 Å². The van der Waals surface area contributed by atoms with E-state index in [1.165, 1.54) is 18.9 Å². The molecular formula is C12H16N2O4S. The Morgan fingerprint density at radius 3 is 2.79 bits per heavy atom. The number of carboxylic acids is 1. The molecular weight excluding hydrogens is 268 g/mol. The van der Waals surface area contributed by atoms with Gasteiger partial charge in [-0.15, -0.1) is 11.8 Å². The Bertz CT molecular complexity index is 453. The third kappa shape index (κ3) is 5.19. The molecule has 7 heteroatoms. The summed E-state index contributed by atoms with van der Waals surface area (Å²) in [5.41, 5.74) is 4.00. The Labute approximate surface area is 115 Å². The van der Waals surface area contributed by atoms with Gasteiger partial charge in [0, 0.05) is 0 Å². The van der Waals surface area contributed by atoms with Gasteiger partial charge in [0.15, 0.2) is 0 Å². The fourth-order valence-corrected chi connectivity index (χ4v) is 2.09. The van der Waals surface area contributed by atoms with E-state index in [-0.39, 0.29) is 17.4 Å². The molecule has 1 rings (SSSR count). The summed E-state index contributed by atoms with van der Waals surface area (Å²) in [6.07, 6.45) is 0. The van der Waals surface area contributed by atoms with Gasteiger partial charge >= 0.3 is 0 Å². The maximum Gasteiger partial charge on any atom is 0.234 e. The highest BCUT2D eigenvalue weighted by Crippen LogP contribution is 2.23. The average Bonchev–Trinajstić information content (AvgIpc) is 2.39. The van der Waals surface area contributed by atoms with Crippen molar-refractivity contribution in [3.63, 3.8) is 0 Å². The van der Waals surface area contributed by atoms with Crippen LogP contribution in [0.15, 0.2) is 24.3 Å². The van der Waals surface area contributed by atoms with Crippen molar-refractivity contribution in [1.82, 2.24) is 0 Å². The van der Waals surface area contributed by atoms with Crippen molar-refractivity contribution in [2.45, 2.75) is 6.04 Å². The molecule has 0 bridgehead atoms. The first-order chi connectivity index (χ1) is 9.04. The number of hydrogen-bond acceptors (Lipinski definition) is 5. The second kappa shape index (κ2) is 7.65. The molecule has 0 saturated heterocycles. The highest BCUT2D eigenvalue weighted by molar-refractivity contribution is 8.00. The van der Waals surface area contributed by atoms with Crippen LogP contribution in [0.4, 0.5) is 5.69 Å². The Morgan fingerprint density at radius 2 is 2.16 bits per heavy atom. The zero-order chi connectivity index (χ0) is 14.3. The van der Waals surface area contributed by atoms with Gasteiger partial charge in [-0.2, -0.15) is 0 Å². The van der Waals surface area contributed by atoms with Gasteiger partial charge in [0.25, 0.3) is 0 Å². The molecule has 0 saturated carbocycles. The minimum Gasteiger partial charge on any atom is -0.544 e. The number of nitrogens with one attached hydrogen (secondary N) is 1. The maximum absolute atomic E-state index is 11.7. The van der Waals surface area contributed by atoms with Crippen molar-refractivity contribution >= 4 is 29.3 Å². The van der Waals surface area contributed by atoms with E-state index in [9.17, 15) is 14.7 Å². The predicted molar refractivity (Wildman–Crippen MR) is 70.6 cm³/mol. The Balaban J connectivity index is 2.41. The van der Waals surface area contributed by atoms with Crippen LogP contribution in [0.5, 0.6) is 5.75 Å². The van der Waals surface area contributed by atoms with Crippen LogP contribution in [-0.4, -0.2) is 36.5 Å².